The van der Waals surface area contributed by atoms with Gasteiger partial charge in [-0.2, -0.15) is 0 Å². The van der Waals surface area contributed by atoms with Crippen molar-refractivity contribution in [1.82, 2.24) is 0 Å². The predicted octanol–water partition coefficient (Wildman–Crippen LogP) is 2.54. The molecule has 0 heterocycles. The van der Waals surface area contributed by atoms with Gasteiger partial charge in [-0.05, 0) is 12.5 Å². The maximum Gasteiger partial charge on any atom is 0.0898 e. The van der Waals surface area contributed by atoms with E-state index in [0.717, 1.165) is 0 Å². The van der Waals surface area contributed by atoms with Gasteiger partial charge in [0.1, 0.15) is 0 Å². The Morgan fingerprint density at radius 2 is 1.87 bits per heavy atom. The van der Waals surface area contributed by atoms with Crippen LogP contribution in [0.25, 0.3) is 0 Å². The van der Waals surface area contributed by atoms with Crippen molar-refractivity contribution in [1.29, 1.82) is 0 Å². The van der Waals surface area contributed by atoms with Gasteiger partial charge in [-0.15, -0.1) is 0 Å². The van der Waals surface area contributed by atoms with Crippen LogP contribution < -0.4 is 5.19 Å². The normalized spacial score (nSPS) is 14.4. The summed E-state index contributed by atoms with van der Waals surface area (Å²) in [5.74, 6) is 0. The van der Waals surface area contributed by atoms with Crippen molar-refractivity contribution < 1.29 is 5.11 Å². The lowest BCUT2D eigenvalue weighted by Crippen LogP contribution is -2.46. The van der Waals surface area contributed by atoms with Gasteiger partial charge in [0.15, 0.2) is 0 Å². The molecule has 1 aromatic carbocycles. The molecule has 0 aliphatic heterocycles. The van der Waals surface area contributed by atoms with E-state index in [1.807, 2.05) is 19.1 Å². The molecule has 15 heavy (non-hydrogen) atoms. The smallest absolute Gasteiger partial charge is 0.0898 e. The summed E-state index contributed by atoms with van der Waals surface area (Å²) in [7, 11) is -1.57. The first-order valence-electron chi connectivity index (χ1n) is 5.42. The van der Waals surface area contributed by atoms with Crippen molar-refractivity contribution >= 4 is 13.3 Å². The zero-order chi connectivity index (χ0) is 11.3. The van der Waals surface area contributed by atoms with E-state index in [0.29, 0.717) is 5.54 Å². The molecule has 82 valence electrons. The van der Waals surface area contributed by atoms with Gasteiger partial charge in [0.25, 0.3) is 0 Å². The molecule has 1 atom stereocenters. The molecule has 0 saturated carbocycles. The summed E-state index contributed by atoms with van der Waals surface area (Å²) in [6.07, 6.45) is 4.18. The average molecular weight is 220 g/mol. The van der Waals surface area contributed by atoms with E-state index < -0.39 is 8.07 Å². The number of benzene rings is 1. The van der Waals surface area contributed by atoms with Crippen LogP contribution >= 0.6 is 0 Å². The van der Waals surface area contributed by atoms with Crippen LogP contribution in [0.4, 0.5) is 0 Å². The van der Waals surface area contributed by atoms with Crippen LogP contribution in [-0.4, -0.2) is 19.8 Å². The minimum atomic E-state index is -1.57. The minimum Gasteiger partial charge on any atom is -0.396 e. The fourth-order valence-corrected chi connectivity index (χ4v) is 4.45. The van der Waals surface area contributed by atoms with Crippen LogP contribution in [0.15, 0.2) is 42.5 Å². The molecule has 1 N–H and O–H groups in total. The lowest BCUT2D eigenvalue weighted by molar-refractivity contribution is 0.300. The summed E-state index contributed by atoms with van der Waals surface area (Å²) in [5.41, 5.74) is 0.310. The molecule has 0 amide bonds. The second-order valence-corrected chi connectivity index (χ2v) is 9.16. The quantitative estimate of drug-likeness (QED) is 0.611. The lowest BCUT2D eigenvalue weighted by Gasteiger charge is -2.29. The Balaban J connectivity index is 3.00. The number of aliphatic hydroxyl groups excluding tert-OH is 1. The third kappa shape index (κ3) is 2.80. The number of allylic oxidation sites excluding steroid dienone is 1. The highest BCUT2D eigenvalue weighted by Gasteiger charge is 2.30. The fourth-order valence-electron chi connectivity index (χ4n) is 1.84. The molecule has 0 aliphatic rings. The van der Waals surface area contributed by atoms with Crippen molar-refractivity contribution in [3.8, 4) is 0 Å². The van der Waals surface area contributed by atoms with Crippen molar-refractivity contribution in [2.24, 2.45) is 0 Å². The van der Waals surface area contributed by atoms with Crippen LogP contribution in [0.2, 0.25) is 18.6 Å². The van der Waals surface area contributed by atoms with Gasteiger partial charge in [-0.1, -0.05) is 60.8 Å². The van der Waals surface area contributed by atoms with Gasteiger partial charge in [0.2, 0.25) is 0 Å². The van der Waals surface area contributed by atoms with Crippen molar-refractivity contribution in [2.75, 3.05) is 6.61 Å². The molecule has 0 aromatic heterocycles. The van der Waals surface area contributed by atoms with E-state index in [1.165, 1.54) is 5.19 Å². The Kier molecular flexibility index (Phi) is 4.30. The van der Waals surface area contributed by atoms with E-state index in [4.69, 9.17) is 0 Å². The maximum atomic E-state index is 9.44. The van der Waals surface area contributed by atoms with Gasteiger partial charge >= 0.3 is 0 Å². The Hall–Kier alpha value is -0.863. The molecule has 0 fully saturated rings. The molecule has 1 aromatic rings. The summed E-state index contributed by atoms with van der Waals surface area (Å²) in [6.45, 7) is 6.88. The molecule has 0 bridgehead atoms. The largest absolute Gasteiger partial charge is 0.396 e. The Labute approximate surface area is 93.5 Å². The van der Waals surface area contributed by atoms with Crippen molar-refractivity contribution in [2.45, 2.75) is 25.6 Å². The van der Waals surface area contributed by atoms with Gasteiger partial charge in [0.05, 0.1) is 8.07 Å². The first kappa shape index (κ1) is 12.2. The van der Waals surface area contributed by atoms with Crippen LogP contribution in [0, 0.1) is 0 Å². The van der Waals surface area contributed by atoms with Gasteiger partial charge < -0.3 is 5.11 Å². The molecule has 0 unspecified atom stereocenters. The third-order valence-corrected chi connectivity index (χ3v) is 7.12. The molecule has 1 rings (SSSR count). The number of hydrogen-bond acceptors (Lipinski definition) is 1. The standard InChI is InChI=1S/C13H20OSi/c1-4-8-13(11-14)15(2,3)12-9-6-5-7-10-12/h4-10,13-14H,11H2,1-3H3/b8-4+/t13-/m1/s1. The summed E-state index contributed by atoms with van der Waals surface area (Å²) >= 11 is 0. The molecule has 0 saturated heterocycles. The molecule has 0 aliphatic carbocycles. The monoisotopic (exact) mass is 220 g/mol. The van der Waals surface area contributed by atoms with Crippen molar-refractivity contribution in [3.05, 3.63) is 42.5 Å². The summed E-state index contributed by atoms with van der Waals surface area (Å²) < 4.78 is 0. The van der Waals surface area contributed by atoms with E-state index >= 15 is 0 Å². The number of rotatable bonds is 4. The topological polar surface area (TPSA) is 20.2 Å². The zero-order valence-electron chi connectivity index (χ0n) is 9.77. The lowest BCUT2D eigenvalue weighted by atomic mass is 10.4. The molecular weight excluding hydrogens is 200 g/mol. The van der Waals surface area contributed by atoms with E-state index in [9.17, 15) is 5.11 Å². The first-order chi connectivity index (χ1) is 7.12. The summed E-state index contributed by atoms with van der Waals surface area (Å²) in [6, 6.07) is 10.6. The maximum absolute atomic E-state index is 9.44. The molecule has 0 radical (unpaired) electrons. The number of hydrogen-bond donors (Lipinski definition) is 1. The highest BCUT2D eigenvalue weighted by molar-refractivity contribution is 6.91. The van der Waals surface area contributed by atoms with E-state index in [-0.39, 0.29) is 6.61 Å². The van der Waals surface area contributed by atoms with Gasteiger partial charge in [-0.25, -0.2) is 0 Å². The molecular formula is C13H20OSi. The SMILES string of the molecule is C/C=C/[C@H](CO)[Si](C)(C)c1ccccc1. The van der Waals surface area contributed by atoms with Crippen LogP contribution in [0.1, 0.15) is 6.92 Å². The Bertz CT molecular complexity index is 317. The highest BCUT2D eigenvalue weighted by Crippen LogP contribution is 2.22. The van der Waals surface area contributed by atoms with Crippen molar-refractivity contribution in [3.63, 3.8) is 0 Å². The molecule has 1 nitrogen and oxygen atoms in total. The van der Waals surface area contributed by atoms with Crippen LogP contribution in [0.3, 0.4) is 0 Å². The average Bonchev–Trinajstić information content (AvgIpc) is 2.27. The molecule has 2 heteroatoms. The summed E-state index contributed by atoms with van der Waals surface area (Å²) in [4.78, 5) is 0. The Morgan fingerprint density at radius 3 is 2.33 bits per heavy atom. The predicted molar refractivity (Wildman–Crippen MR) is 69.2 cm³/mol. The first-order valence-corrected chi connectivity index (χ1v) is 8.50. The van der Waals surface area contributed by atoms with Crippen LogP contribution in [-0.2, 0) is 0 Å². The van der Waals surface area contributed by atoms with Gasteiger partial charge in [-0.3, -0.25) is 0 Å². The van der Waals surface area contributed by atoms with Crippen LogP contribution in [0.5, 0.6) is 0 Å². The summed E-state index contributed by atoms with van der Waals surface area (Å²) in [5, 5.41) is 10.8. The fraction of sp³-hybridized carbons (Fsp3) is 0.385. The Morgan fingerprint density at radius 1 is 1.27 bits per heavy atom. The second kappa shape index (κ2) is 5.28. The van der Waals surface area contributed by atoms with Gasteiger partial charge in [0, 0.05) is 6.61 Å². The van der Waals surface area contributed by atoms with E-state index in [2.05, 4.69) is 43.4 Å². The molecule has 0 spiro atoms. The minimum absolute atomic E-state index is 0.248. The second-order valence-electron chi connectivity index (χ2n) is 4.40. The zero-order valence-corrected chi connectivity index (χ0v) is 10.8. The van der Waals surface area contributed by atoms with E-state index in [1.54, 1.807) is 0 Å². The third-order valence-electron chi connectivity index (χ3n) is 3.07. The highest BCUT2D eigenvalue weighted by atomic mass is 28.3. The number of aliphatic hydroxyl groups is 1.